The molecule has 2 amide bonds. The third kappa shape index (κ3) is 8.34. The number of ether oxygens (including phenoxy) is 4. The van der Waals surface area contributed by atoms with Gasteiger partial charge in [0.1, 0.15) is 22.8 Å². The molecule has 0 saturated carbocycles. The SMILES string of the molecule is CC(C)(C)OC(=O)N1Nc2nc(Cl)nc(n2)Oc2cccc(c2C#N)Oc2nc(Cl)nc(n2)NN(C(=O)OC(C)(C)C)c2cccc1c2. The highest BCUT2D eigenvalue weighted by atomic mass is 35.5. The number of amides is 2. The molecule has 3 heterocycles. The van der Waals surface area contributed by atoms with E-state index in [0.717, 1.165) is 10.0 Å². The van der Waals surface area contributed by atoms with Gasteiger partial charge in [0.05, 0.1) is 11.4 Å². The molecule has 0 atom stereocenters. The van der Waals surface area contributed by atoms with Crippen LogP contribution < -0.4 is 30.3 Å². The maximum absolute atomic E-state index is 13.6. The highest BCUT2D eigenvalue weighted by Gasteiger charge is 2.29. The van der Waals surface area contributed by atoms with Crippen molar-refractivity contribution < 1.29 is 28.5 Å². The van der Waals surface area contributed by atoms with Crippen molar-refractivity contribution in [2.45, 2.75) is 52.7 Å². The summed E-state index contributed by atoms with van der Waals surface area (Å²) in [6.07, 6.45) is -1.76. The number of hydrogen-bond donors (Lipinski definition) is 2. The fourth-order valence-corrected chi connectivity index (χ4v) is 4.17. The molecule has 2 aromatic carbocycles. The quantitative estimate of drug-likeness (QED) is 0.197. The fourth-order valence-electron chi connectivity index (χ4n) is 3.86. The van der Waals surface area contributed by atoms with Crippen molar-refractivity contribution in [1.29, 1.82) is 5.26 Å². The first-order valence-corrected chi connectivity index (χ1v) is 14.7. The van der Waals surface area contributed by atoms with E-state index in [2.05, 4.69) is 40.8 Å². The molecule has 2 aromatic heterocycles. The van der Waals surface area contributed by atoms with E-state index in [4.69, 9.17) is 42.1 Å². The Labute approximate surface area is 283 Å². The van der Waals surface area contributed by atoms with Crippen LogP contribution in [-0.4, -0.2) is 53.3 Å². The summed E-state index contributed by atoms with van der Waals surface area (Å²) in [5, 5.41) is 11.4. The predicted molar refractivity (Wildman–Crippen MR) is 172 cm³/mol. The van der Waals surface area contributed by atoms with Gasteiger partial charge < -0.3 is 18.9 Å². The summed E-state index contributed by atoms with van der Waals surface area (Å²) in [5.74, 6) is -0.540. The lowest BCUT2D eigenvalue weighted by atomic mass is 10.2. The third-order valence-corrected chi connectivity index (χ3v) is 5.94. The van der Waals surface area contributed by atoms with Gasteiger partial charge in [-0.1, -0.05) is 12.1 Å². The van der Waals surface area contributed by atoms with Gasteiger partial charge in [-0.3, -0.25) is 10.9 Å². The van der Waals surface area contributed by atoms with Crippen LogP contribution in [0, 0.1) is 11.3 Å². The van der Waals surface area contributed by atoms with Crippen molar-refractivity contribution in [3.8, 4) is 29.6 Å². The summed E-state index contributed by atoms with van der Waals surface area (Å²) < 4.78 is 22.9. The normalized spacial score (nSPS) is 12.9. The monoisotopic (exact) mass is 695 g/mol. The molecule has 1 aliphatic heterocycles. The fraction of sp³-hybridized carbons (Fsp3) is 0.276. The van der Waals surface area contributed by atoms with Gasteiger partial charge in [-0.2, -0.15) is 45.2 Å². The van der Waals surface area contributed by atoms with Crippen molar-refractivity contribution >= 4 is 58.7 Å². The molecule has 4 aromatic rings. The summed E-state index contributed by atoms with van der Waals surface area (Å²) in [6.45, 7) is 10.1. The highest BCUT2D eigenvalue weighted by Crippen LogP contribution is 2.34. The molecule has 17 nitrogen and oxygen atoms in total. The lowest BCUT2D eigenvalue weighted by Crippen LogP contribution is -2.42. The molecule has 8 bridgehead atoms. The van der Waals surface area contributed by atoms with Gasteiger partial charge in [0.15, 0.2) is 11.5 Å². The van der Waals surface area contributed by atoms with E-state index in [0.29, 0.717) is 0 Å². The summed E-state index contributed by atoms with van der Waals surface area (Å²) in [5.41, 5.74) is 3.87. The first-order chi connectivity index (χ1) is 22.6. The number of hydrazine groups is 2. The summed E-state index contributed by atoms with van der Waals surface area (Å²) in [7, 11) is 0. The molecule has 2 N–H and O–H groups in total. The number of anilines is 4. The number of nitrogens with one attached hydrogen (secondary N) is 2. The first-order valence-electron chi connectivity index (χ1n) is 14.0. The Hall–Kier alpha value is -5.73. The largest absolute Gasteiger partial charge is 0.442 e. The molecule has 248 valence electrons. The molecule has 1 aliphatic rings. The van der Waals surface area contributed by atoms with Gasteiger partial charge in [-0.05, 0) is 95.1 Å². The van der Waals surface area contributed by atoms with E-state index >= 15 is 0 Å². The number of rotatable bonds is 0. The van der Waals surface area contributed by atoms with Crippen LogP contribution in [0.4, 0.5) is 32.9 Å². The number of halogens is 2. The topological polar surface area (TPSA) is 203 Å². The molecule has 0 aliphatic carbocycles. The minimum atomic E-state index is -0.923. The molecule has 0 radical (unpaired) electrons. The number of carbonyl (C=O) groups is 2. The number of nitrogens with zero attached hydrogens (tertiary/aromatic N) is 9. The van der Waals surface area contributed by atoms with E-state index in [1.54, 1.807) is 59.7 Å². The van der Waals surface area contributed by atoms with Crippen LogP contribution >= 0.6 is 23.2 Å². The maximum atomic E-state index is 13.6. The van der Waals surface area contributed by atoms with Crippen molar-refractivity contribution in [2.24, 2.45) is 0 Å². The van der Waals surface area contributed by atoms with E-state index in [9.17, 15) is 14.9 Å². The van der Waals surface area contributed by atoms with E-state index in [1.807, 2.05) is 6.07 Å². The average Bonchev–Trinajstić information content (AvgIpc) is 2.96. The Balaban J connectivity index is 1.73. The average molecular weight is 697 g/mol. The van der Waals surface area contributed by atoms with E-state index < -0.39 is 23.4 Å². The third-order valence-electron chi connectivity index (χ3n) is 5.60. The summed E-state index contributed by atoms with van der Waals surface area (Å²) in [6, 6.07) is 11.8. The molecule has 0 unspecified atom stereocenters. The number of hydrogen-bond acceptors (Lipinski definition) is 15. The van der Waals surface area contributed by atoms with Crippen LogP contribution in [0.25, 0.3) is 0 Å². The maximum Gasteiger partial charge on any atom is 0.434 e. The van der Waals surface area contributed by atoms with Crippen LogP contribution in [0.15, 0.2) is 42.5 Å². The molecule has 0 spiro atoms. The first kappa shape index (κ1) is 33.6. The highest BCUT2D eigenvalue weighted by molar-refractivity contribution is 6.28. The molecule has 5 rings (SSSR count). The number of carbonyl (C=O) groups excluding carboxylic acids is 2. The van der Waals surface area contributed by atoms with Gasteiger partial charge in [0.2, 0.25) is 22.5 Å². The van der Waals surface area contributed by atoms with Crippen LogP contribution in [0.5, 0.6) is 23.5 Å². The Morgan fingerprint density at radius 2 is 1.15 bits per heavy atom. The molecular weight excluding hydrogens is 669 g/mol. The second kappa shape index (κ2) is 13.2. The van der Waals surface area contributed by atoms with Gasteiger partial charge >= 0.3 is 24.2 Å². The van der Waals surface area contributed by atoms with Gasteiger partial charge in [0.25, 0.3) is 0 Å². The molecule has 0 saturated heterocycles. The lowest BCUT2D eigenvalue weighted by molar-refractivity contribution is 0.0579. The molecular formula is C29H27Cl2N11O6. The van der Waals surface area contributed by atoms with E-state index in [1.165, 1.54) is 24.3 Å². The Kier molecular flexibility index (Phi) is 9.23. The van der Waals surface area contributed by atoms with Crippen LogP contribution in [0.2, 0.25) is 10.6 Å². The van der Waals surface area contributed by atoms with Gasteiger partial charge in [0, 0.05) is 0 Å². The second-order valence-electron chi connectivity index (χ2n) is 11.7. The molecule has 19 heteroatoms. The zero-order valence-electron chi connectivity index (χ0n) is 26.3. The summed E-state index contributed by atoms with van der Waals surface area (Å²) in [4.78, 5) is 51.7. The van der Waals surface area contributed by atoms with Crippen molar-refractivity contribution in [2.75, 3.05) is 20.9 Å². The van der Waals surface area contributed by atoms with Crippen LogP contribution in [0.1, 0.15) is 47.1 Å². The Morgan fingerprint density at radius 1 is 0.729 bits per heavy atom. The smallest absolute Gasteiger partial charge is 0.434 e. The predicted octanol–water partition coefficient (Wildman–Crippen LogP) is 6.67. The van der Waals surface area contributed by atoms with Crippen LogP contribution in [-0.2, 0) is 9.47 Å². The van der Waals surface area contributed by atoms with E-state index in [-0.39, 0.29) is 62.9 Å². The number of benzene rings is 2. The van der Waals surface area contributed by atoms with Gasteiger partial charge in [-0.15, -0.1) is 0 Å². The standard InChI is InChI=1S/C29H27Cl2N11O6/c1-28(2,3)47-26(43)41-15-9-7-10-16(13-15)42(27(44)48-29(4,5)6)40-23-34-21(31)36-25(38-23)46-19-12-8-11-18(17(19)14-32)45-24-35-20(30)33-22(37-24)39-41/h7-13H,1-6H3,(H,33,35,37,39)(H,34,36,38,40). The Bertz CT molecular complexity index is 1800. The van der Waals surface area contributed by atoms with Crippen molar-refractivity contribution in [3.05, 3.63) is 58.6 Å². The van der Waals surface area contributed by atoms with Crippen LogP contribution in [0.3, 0.4) is 0 Å². The molecule has 0 fully saturated rings. The Morgan fingerprint density at radius 3 is 1.54 bits per heavy atom. The number of aromatic nitrogens is 6. The minimum Gasteiger partial charge on any atom is -0.442 e. The van der Waals surface area contributed by atoms with Crippen molar-refractivity contribution in [1.82, 2.24) is 29.9 Å². The minimum absolute atomic E-state index is 0.0318. The lowest BCUT2D eigenvalue weighted by Gasteiger charge is -2.30. The number of fused-ring (bicyclic) bond motifs is 8. The summed E-state index contributed by atoms with van der Waals surface area (Å²) >= 11 is 12.4. The zero-order valence-corrected chi connectivity index (χ0v) is 27.8. The van der Waals surface area contributed by atoms with Crippen molar-refractivity contribution in [3.63, 3.8) is 0 Å². The zero-order chi connectivity index (χ0) is 34.8. The number of nitriles is 1. The van der Waals surface area contributed by atoms with Gasteiger partial charge in [-0.25, -0.2) is 9.59 Å². The second-order valence-corrected chi connectivity index (χ2v) is 12.4. The molecule has 48 heavy (non-hydrogen) atoms.